The fourth-order valence-corrected chi connectivity index (χ4v) is 2.08. The zero-order valence-corrected chi connectivity index (χ0v) is 8.92. The van der Waals surface area contributed by atoms with Crippen LogP contribution in [-0.2, 0) is 0 Å². The molecule has 0 aromatic rings. The minimum Gasteiger partial charge on any atom is -0.355 e. The Morgan fingerprint density at radius 2 is 2.29 bits per heavy atom. The molecule has 0 aliphatic carbocycles. The van der Waals surface area contributed by atoms with Gasteiger partial charge in [0.05, 0.1) is 6.54 Å². The van der Waals surface area contributed by atoms with Crippen LogP contribution in [0.2, 0.25) is 0 Å². The van der Waals surface area contributed by atoms with Crippen LogP contribution in [0.1, 0.15) is 19.8 Å². The molecule has 4 nitrogen and oxygen atoms in total. The Labute approximate surface area is 85.8 Å². The van der Waals surface area contributed by atoms with E-state index >= 15 is 0 Å². The zero-order chi connectivity index (χ0) is 9.80. The van der Waals surface area contributed by atoms with Crippen molar-refractivity contribution in [3.05, 3.63) is 0 Å². The minimum atomic E-state index is 0.627. The second kappa shape index (κ2) is 4.64. The molecule has 0 spiro atoms. The van der Waals surface area contributed by atoms with Crippen molar-refractivity contribution in [2.45, 2.75) is 25.8 Å². The van der Waals surface area contributed by atoms with Crippen LogP contribution in [0.15, 0.2) is 4.99 Å². The van der Waals surface area contributed by atoms with Crippen LogP contribution in [0.5, 0.6) is 0 Å². The van der Waals surface area contributed by atoms with Gasteiger partial charge in [0.1, 0.15) is 0 Å². The van der Waals surface area contributed by atoms with Gasteiger partial charge in [-0.05, 0) is 19.4 Å². The van der Waals surface area contributed by atoms with Crippen molar-refractivity contribution in [2.75, 3.05) is 32.7 Å². The topological polar surface area (TPSA) is 39.7 Å². The monoisotopic (exact) mass is 196 g/mol. The molecule has 0 radical (unpaired) electrons. The quantitative estimate of drug-likeness (QED) is 0.654. The third-order valence-electron chi connectivity index (χ3n) is 3.05. The number of nitrogens with one attached hydrogen (secondary N) is 2. The van der Waals surface area contributed by atoms with E-state index in [-0.39, 0.29) is 0 Å². The van der Waals surface area contributed by atoms with Gasteiger partial charge in [0.2, 0.25) is 0 Å². The summed E-state index contributed by atoms with van der Waals surface area (Å²) in [5.41, 5.74) is 0. The van der Waals surface area contributed by atoms with E-state index in [1.54, 1.807) is 0 Å². The fourth-order valence-electron chi connectivity index (χ4n) is 2.08. The molecule has 0 atom stereocenters. The molecule has 0 unspecified atom stereocenters. The van der Waals surface area contributed by atoms with Gasteiger partial charge in [0.25, 0.3) is 0 Å². The molecule has 2 rings (SSSR count). The summed E-state index contributed by atoms with van der Waals surface area (Å²) in [5, 5.41) is 6.73. The molecule has 0 amide bonds. The molecule has 0 aromatic carbocycles. The molecule has 80 valence electrons. The Bertz CT molecular complexity index is 206. The average molecular weight is 196 g/mol. The van der Waals surface area contributed by atoms with Crippen LogP contribution in [0.25, 0.3) is 0 Å². The fraction of sp³-hybridized carbons (Fsp3) is 0.900. The van der Waals surface area contributed by atoms with Gasteiger partial charge in [-0.2, -0.15) is 0 Å². The van der Waals surface area contributed by atoms with E-state index in [9.17, 15) is 0 Å². The van der Waals surface area contributed by atoms with E-state index in [2.05, 4.69) is 27.4 Å². The lowest BCUT2D eigenvalue weighted by Crippen LogP contribution is -2.47. The zero-order valence-electron chi connectivity index (χ0n) is 8.92. The highest BCUT2D eigenvalue weighted by atomic mass is 15.2. The maximum Gasteiger partial charge on any atom is 0.191 e. The molecule has 2 heterocycles. The SMILES string of the molecule is CCN1CCC(NC2=NCCN2)CC1. The lowest BCUT2D eigenvalue weighted by Gasteiger charge is -2.31. The van der Waals surface area contributed by atoms with Crippen molar-refractivity contribution in [3.63, 3.8) is 0 Å². The molecule has 1 fully saturated rings. The van der Waals surface area contributed by atoms with Gasteiger partial charge in [0, 0.05) is 25.7 Å². The highest BCUT2D eigenvalue weighted by Crippen LogP contribution is 2.09. The normalized spacial score (nSPS) is 24.5. The molecule has 4 heteroatoms. The number of hydrogen-bond donors (Lipinski definition) is 2. The Morgan fingerprint density at radius 1 is 1.50 bits per heavy atom. The summed E-state index contributed by atoms with van der Waals surface area (Å²) in [6, 6.07) is 0.627. The molecular weight excluding hydrogens is 176 g/mol. The number of likely N-dealkylation sites (tertiary alicyclic amines) is 1. The first-order valence-corrected chi connectivity index (χ1v) is 5.65. The molecule has 2 N–H and O–H groups in total. The Hall–Kier alpha value is -0.770. The lowest BCUT2D eigenvalue weighted by atomic mass is 10.1. The van der Waals surface area contributed by atoms with Gasteiger partial charge >= 0.3 is 0 Å². The van der Waals surface area contributed by atoms with Crippen LogP contribution < -0.4 is 10.6 Å². The van der Waals surface area contributed by atoms with Gasteiger partial charge in [0.15, 0.2) is 5.96 Å². The molecule has 2 aliphatic rings. The highest BCUT2D eigenvalue weighted by Gasteiger charge is 2.19. The first kappa shape index (κ1) is 9.77. The Morgan fingerprint density at radius 3 is 2.86 bits per heavy atom. The maximum atomic E-state index is 4.35. The number of piperidine rings is 1. The smallest absolute Gasteiger partial charge is 0.191 e. The summed E-state index contributed by atoms with van der Waals surface area (Å²) in [6.07, 6.45) is 2.49. The summed E-state index contributed by atoms with van der Waals surface area (Å²) in [5.74, 6) is 1.01. The van der Waals surface area contributed by atoms with Crippen molar-refractivity contribution in [1.82, 2.24) is 15.5 Å². The molecule has 14 heavy (non-hydrogen) atoms. The van der Waals surface area contributed by atoms with Gasteiger partial charge in [-0.1, -0.05) is 6.92 Å². The van der Waals surface area contributed by atoms with Crippen molar-refractivity contribution in [1.29, 1.82) is 0 Å². The van der Waals surface area contributed by atoms with Gasteiger partial charge in [-0.3, -0.25) is 4.99 Å². The first-order valence-electron chi connectivity index (χ1n) is 5.65. The number of nitrogens with zero attached hydrogens (tertiary/aromatic N) is 2. The molecule has 0 saturated carbocycles. The van der Waals surface area contributed by atoms with Crippen LogP contribution in [-0.4, -0.2) is 49.6 Å². The van der Waals surface area contributed by atoms with Crippen LogP contribution >= 0.6 is 0 Å². The van der Waals surface area contributed by atoms with E-state index in [4.69, 9.17) is 0 Å². The third kappa shape index (κ3) is 2.38. The number of guanidine groups is 1. The maximum absolute atomic E-state index is 4.35. The third-order valence-corrected chi connectivity index (χ3v) is 3.05. The Balaban J connectivity index is 1.72. The van der Waals surface area contributed by atoms with Gasteiger partial charge in [-0.15, -0.1) is 0 Å². The second-order valence-electron chi connectivity index (χ2n) is 4.01. The molecular formula is C10H20N4. The van der Waals surface area contributed by atoms with Crippen molar-refractivity contribution >= 4 is 5.96 Å². The second-order valence-corrected chi connectivity index (χ2v) is 4.01. The van der Waals surface area contributed by atoms with E-state index in [1.807, 2.05) is 0 Å². The van der Waals surface area contributed by atoms with E-state index in [0.29, 0.717) is 6.04 Å². The minimum absolute atomic E-state index is 0.627. The van der Waals surface area contributed by atoms with Crippen LogP contribution in [0, 0.1) is 0 Å². The van der Waals surface area contributed by atoms with E-state index in [1.165, 1.54) is 32.5 Å². The van der Waals surface area contributed by atoms with Crippen LogP contribution in [0.4, 0.5) is 0 Å². The molecule has 0 aromatic heterocycles. The van der Waals surface area contributed by atoms with Gasteiger partial charge < -0.3 is 15.5 Å². The molecule has 0 bridgehead atoms. The van der Waals surface area contributed by atoms with Crippen LogP contribution in [0.3, 0.4) is 0 Å². The van der Waals surface area contributed by atoms with E-state index < -0.39 is 0 Å². The average Bonchev–Trinajstić information content (AvgIpc) is 2.72. The summed E-state index contributed by atoms with van der Waals surface area (Å²) >= 11 is 0. The highest BCUT2D eigenvalue weighted by molar-refractivity contribution is 5.81. The van der Waals surface area contributed by atoms with Crippen molar-refractivity contribution in [2.24, 2.45) is 4.99 Å². The standard InChI is InChI=1S/C10H20N4/c1-2-14-7-3-9(4-8-14)13-10-11-5-6-12-10/h9H,2-8H2,1H3,(H2,11,12,13). The summed E-state index contributed by atoms with van der Waals surface area (Å²) in [6.45, 7) is 7.79. The lowest BCUT2D eigenvalue weighted by molar-refractivity contribution is 0.215. The predicted molar refractivity (Wildman–Crippen MR) is 58.6 cm³/mol. The van der Waals surface area contributed by atoms with Crippen molar-refractivity contribution in [3.8, 4) is 0 Å². The number of aliphatic imine (C=N–C) groups is 1. The van der Waals surface area contributed by atoms with Crippen molar-refractivity contribution < 1.29 is 0 Å². The Kier molecular flexibility index (Phi) is 3.24. The summed E-state index contributed by atoms with van der Waals surface area (Å²) < 4.78 is 0. The van der Waals surface area contributed by atoms with E-state index in [0.717, 1.165) is 19.0 Å². The predicted octanol–water partition coefficient (Wildman–Crippen LogP) is 0.0195. The largest absolute Gasteiger partial charge is 0.355 e. The van der Waals surface area contributed by atoms with Gasteiger partial charge in [-0.25, -0.2) is 0 Å². The molecule has 1 saturated heterocycles. The number of hydrogen-bond acceptors (Lipinski definition) is 4. The summed E-state index contributed by atoms with van der Waals surface area (Å²) in [4.78, 5) is 6.85. The number of rotatable bonds is 2. The summed E-state index contributed by atoms with van der Waals surface area (Å²) in [7, 11) is 0. The molecule has 2 aliphatic heterocycles. The first-order chi connectivity index (χ1) is 6.88.